The molecule has 176 valence electrons. The van der Waals surface area contributed by atoms with E-state index in [-0.39, 0.29) is 48.9 Å². The number of H-pyrrole nitrogens is 1. The first-order valence-electron chi connectivity index (χ1n) is 10.6. The number of rotatable bonds is 11. The Labute approximate surface area is 192 Å². The van der Waals surface area contributed by atoms with Crippen LogP contribution < -0.4 is 31.9 Å². The molecular formula is C22H32ClN5O4. The van der Waals surface area contributed by atoms with Gasteiger partial charge in [0.2, 0.25) is 5.91 Å². The second-order valence-electron chi connectivity index (χ2n) is 8.42. The van der Waals surface area contributed by atoms with Crippen molar-refractivity contribution in [2.45, 2.75) is 34.2 Å². The predicted molar refractivity (Wildman–Crippen MR) is 128 cm³/mol. The first-order chi connectivity index (χ1) is 15.1. The van der Waals surface area contributed by atoms with Gasteiger partial charge in [-0.25, -0.2) is 4.79 Å². The number of aromatic amines is 1. The number of benzene rings is 1. The molecule has 0 aliphatic carbocycles. The summed E-state index contributed by atoms with van der Waals surface area (Å²) in [5.74, 6) is 0.728. The van der Waals surface area contributed by atoms with Crippen molar-refractivity contribution in [2.75, 3.05) is 36.9 Å². The minimum atomic E-state index is -0.605. The van der Waals surface area contributed by atoms with Crippen LogP contribution >= 0.6 is 11.6 Å². The number of hydrogen-bond donors (Lipinski definition) is 3. The molecule has 2 rings (SSSR count). The molecule has 0 saturated carbocycles. The van der Waals surface area contributed by atoms with E-state index in [1.54, 1.807) is 29.2 Å². The van der Waals surface area contributed by atoms with Gasteiger partial charge in [-0.1, -0.05) is 39.3 Å². The zero-order valence-electron chi connectivity index (χ0n) is 19.0. The molecule has 32 heavy (non-hydrogen) atoms. The topological polar surface area (TPSA) is 122 Å². The summed E-state index contributed by atoms with van der Waals surface area (Å²) in [4.78, 5) is 41.3. The first kappa shape index (κ1) is 25.3. The number of halogens is 1. The number of nitrogen functional groups attached to an aromatic ring is 1. The highest BCUT2D eigenvalue weighted by molar-refractivity contribution is 6.30. The minimum absolute atomic E-state index is 0.0620. The van der Waals surface area contributed by atoms with Gasteiger partial charge < -0.3 is 20.7 Å². The Morgan fingerprint density at radius 3 is 2.44 bits per heavy atom. The number of hydrogen-bond acceptors (Lipinski definition) is 6. The van der Waals surface area contributed by atoms with Gasteiger partial charge in [-0.05, 0) is 36.1 Å². The number of nitrogens with zero attached hydrogens (tertiary/aromatic N) is 2. The van der Waals surface area contributed by atoms with Crippen LogP contribution in [0.2, 0.25) is 5.02 Å². The van der Waals surface area contributed by atoms with Gasteiger partial charge in [0.25, 0.3) is 5.56 Å². The molecule has 0 spiro atoms. The lowest BCUT2D eigenvalue weighted by Gasteiger charge is -2.27. The van der Waals surface area contributed by atoms with Crippen molar-refractivity contribution in [3.05, 3.63) is 50.1 Å². The first-order valence-corrected chi connectivity index (χ1v) is 11.0. The van der Waals surface area contributed by atoms with Crippen LogP contribution in [0, 0.1) is 11.8 Å². The second kappa shape index (κ2) is 11.6. The Balaban J connectivity index is 2.09. The van der Waals surface area contributed by atoms with Gasteiger partial charge in [0.1, 0.15) is 23.9 Å². The highest BCUT2D eigenvalue weighted by Crippen LogP contribution is 2.19. The molecule has 0 fully saturated rings. The van der Waals surface area contributed by atoms with E-state index in [4.69, 9.17) is 22.1 Å². The Hall–Kier alpha value is -2.94. The summed E-state index contributed by atoms with van der Waals surface area (Å²) in [7, 11) is 0. The van der Waals surface area contributed by atoms with Crippen LogP contribution in [0.1, 0.15) is 27.7 Å². The molecule has 0 aliphatic rings. The van der Waals surface area contributed by atoms with Crippen molar-refractivity contribution in [3.63, 3.8) is 0 Å². The van der Waals surface area contributed by atoms with E-state index in [1.165, 1.54) is 4.57 Å². The van der Waals surface area contributed by atoms with Gasteiger partial charge in [-0.3, -0.25) is 19.1 Å². The molecule has 2 aromatic rings. The normalized spacial score (nSPS) is 11.1. The number of nitrogens with one attached hydrogen (secondary N) is 2. The monoisotopic (exact) mass is 465 g/mol. The van der Waals surface area contributed by atoms with Crippen LogP contribution in [0.5, 0.6) is 5.75 Å². The standard InChI is InChI=1S/C22H32ClN5O4/c1-14(2)11-27(19-20(24)28(12-15(3)4)22(31)26-21(19)30)13-18(29)25-9-10-32-17-7-5-16(23)6-8-17/h5-8,14-15H,9-13,24H2,1-4H3,(H,25,29)(H,26,30,31). The van der Waals surface area contributed by atoms with E-state index >= 15 is 0 Å². The summed E-state index contributed by atoms with van der Waals surface area (Å²) in [6.45, 7) is 9.10. The van der Waals surface area contributed by atoms with E-state index in [1.807, 2.05) is 27.7 Å². The highest BCUT2D eigenvalue weighted by atomic mass is 35.5. The molecule has 1 heterocycles. The number of amides is 1. The van der Waals surface area contributed by atoms with E-state index < -0.39 is 11.2 Å². The number of carbonyl (C=O) groups excluding carboxylic acids is 1. The van der Waals surface area contributed by atoms with Crippen molar-refractivity contribution in [2.24, 2.45) is 11.8 Å². The third kappa shape index (κ3) is 7.33. The number of ether oxygens (including phenoxy) is 1. The summed E-state index contributed by atoms with van der Waals surface area (Å²) < 4.78 is 6.91. The van der Waals surface area contributed by atoms with Gasteiger partial charge >= 0.3 is 5.69 Å². The van der Waals surface area contributed by atoms with Gasteiger partial charge in [0.15, 0.2) is 0 Å². The van der Waals surface area contributed by atoms with Gasteiger partial charge in [-0.15, -0.1) is 0 Å². The quantitative estimate of drug-likeness (QED) is 0.437. The largest absolute Gasteiger partial charge is 0.492 e. The summed E-state index contributed by atoms with van der Waals surface area (Å²) in [6, 6.07) is 6.94. The molecule has 1 aromatic heterocycles. The summed E-state index contributed by atoms with van der Waals surface area (Å²) in [5.41, 5.74) is 5.19. The van der Waals surface area contributed by atoms with Crippen LogP contribution in [0.4, 0.5) is 11.5 Å². The molecule has 1 amide bonds. The second-order valence-corrected chi connectivity index (χ2v) is 8.86. The fourth-order valence-corrected chi connectivity index (χ4v) is 3.35. The van der Waals surface area contributed by atoms with Crippen molar-refractivity contribution in [1.82, 2.24) is 14.9 Å². The molecule has 0 aliphatic heterocycles. The number of aromatic nitrogens is 2. The molecule has 0 unspecified atom stereocenters. The van der Waals surface area contributed by atoms with E-state index in [9.17, 15) is 14.4 Å². The average Bonchev–Trinajstić information content (AvgIpc) is 2.69. The molecule has 0 radical (unpaired) electrons. The maximum absolute atomic E-state index is 12.6. The SMILES string of the molecule is CC(C)CN(CC(=O)NCCOc1ccc(Cl)cc1)c1c(N)n(CC(C)C)c(=O)[nH]c1=O. The van der Waals surface area contributed by atoms with Crippen LogP contribution in [0.3, 0.4) is 0 Å². The predicted octanol–water partition coefficient (Wildman–Crippen LogP) is 2.09. The van der Waals surface area contributed by atoms with Crippen LogP contribution in [-0.4, -0.2) is 41.7 Å². The van der Waals surface area contributed by atoms with Crippen LogP contribution in [0.15, 0.2) is 33.9 Å². The molecular weight excluding hydrogens is 434 g/mol. The molecule has 4 N–H and O–H groups in total. The van der Waals surface area contributed by atoms with Crippen molar-refractivity contribution >= 4 is 29.0 Å². The maximum atomic E-state index is 12.6. The van der Waals surface area contributed by atoms with Gasteiger partial charge in [0.05, 0.1) is 13.1 Å². The Morgan fingerprint density at radius 1 is 1.19 bits per heavy atom. The zero-order chi connectivity index (χ0) is 23.8. The van der Waals surface area contributed by atoms with E-state index in [2.05, 4.69) is 10.3 Å². The molecule has 9 nitrogen and oxygen atoms in total. The Bertz CT molecular complexity index is 1010. The van der Waals surface area contributed by atoms with Crippen molar-refractivity contribution in [1.29, 1.82) is 0 Å². The fourth-order valence-electron chi connectivity index (χ4n) is 3.22. The van der Waals surface area contributed by atoms with Crippen molar-refractivity contribution < 1.29 is 9.53 Å². The van der Waals surface area contributed by atoms with E-state index in [0.29, 0.717) is 23.9 Å². The average molecular weight is 466 g/mol. The summed E-state index contributed by atoms with van der Waals surface area (Å²) in [5, 5.41) is 3.40. The smallest absolute Gasteiger partial charge is 0.330 e. The molecule has 10 heteroatoms. The van der Waals surface area contributed by atoms with Gasteiger partial charge in [-0.2, -0.15) is 0 Å². The number of carbonyl (C=O) groups is 1. The number of nitrogens with two attached hydrogens (primary N) is 1. The third-order valence-corrected chi connectivity index (χ3v) is 4.76. The molecule has 0 bridgehead atoms. The van der Waals surface area contributed by atoms with Gasteiger partial charge in [0, 0.05) is 18.1 Å². The lowest BCUT2D eigenvalue weighted by atomic mass is 10.2. The fraction of sp³-hybridized carbons (Fsp3) is 0.500. The summed E-state index contributed by atoms with van der Waals surface area (Å²) in [6.07, 6.45) is 0. The molecule has 0 saturated heterocycles. The maximum Gasteiger partial charge on any atom is 0.330 e. The van der Waals surface area contributed by atoms with E-state index in [0.717, 1.165) is 0 Å². The van der Waals surface area contributed by atoms with Crippen molar-refractivity contribution in [3.8, 4) is 5.75 Å². The Kier molecular flexibility index (Phi) is 9.19. The Morgan fingerprint density at radius 2 is 1.84 bits per heavy atom. The minimum Gasteiger partial charge on any atom is -0.492 e. The highest BCUT2D eigenvalue weighted by Gasteiger charge is 2.22. The molecule has 0 atom stereocenters. The molecule has 1 aromatic carbocycles. The lowest BCUT2D eigenvalue weighted by Crippen LogP contribution is -2.45. The van der Waals surface area contributed by atoms with Crippen LogP contribution in [-0.2, 0) is 11.3 Å². The zero-order valence-corrected chi connectivity index (χ0v) is 19.7. The third-order valence-electron chi connectivity index (χ3n) is 4.50. The van der Waals surface area contributed by atoms with Crippen LogP contribution in [0.25, 0.3) is 0 Å². The summed E-state index contributed by atoms with van der Waals surface area (Å²) >= 11 is 5.85. The number of anilines is 2. The lowest BCUT2D eigenvalue weighted by molar-refractivity contribution is -0.119.